The fraction of sp³-hybridized carbons (Fsp3) is 0.133. The lowest BCUT2D eigenvalue weighted by molar-refractivity contribution is -0.385. The lowest BCUT2D eigenvalue weighted by Gasteiger charge is -2.03. The Kier molecular flexibility index (Phi) is 2.86. The molecule has 0 spiro atoms. The van der Waals surface area contributed by atoms with E-state index in [2.05, 4.69) is 4.98 Å². The quantitative estimate of drug-likeness (QED) is 0.578. The van der Waals surface area contributed by atoms with Gasteiger partial charge >= 0.3 is 0 Å². The Bertz CT molecular complexity index is 867. The van der Waals surface area contributed by atoms with Crippen LogP contribution in [0.15, 0.2) is 36.4 Å². The summed E-state index contributed by atoms with van der Waals surface area (Å²) >= 11 is 0. The van der Waals surface area contributed by atoms with Gasteiger partial charge in [-0.25, -0.2) is 4.98 Å². The molecule has 3 aromatic rings. The molecule has 0 amide bonds. The zero-order valence-electron chi connectivity index (χ0n) is 11.7. The summed E-state index contributed by atoms with van der Waals surface area (Å²) in [5.41, 5.74) is 9.75. The van der Waals surface area contributed by atoms with E-state index >= 15 is 0 Å². The van der Waals surface area contributed by atoms with Crippen molar-refractivity contribution in [2.75, 3.05) is 5.73 Å². The molecule has 0 saturated carbocycles. The lowest BCUT2D eigenvalue weighted by atomic mass is 10.1. The number of aryl methyl sites for hydroxylation is 2. The highest BCUT2D eigenvalue weighted by Gasteiger charge is 2.17. The molecule has 0 aliphatic carbocycles. The van der Waals surface area contributed by atoms with Crippen molar-refractivity contribution < 1.29 is 4.92 Å². The molecular weight excluding hydrogens is 268 g/mol. The van der Waals surface area contributed by atoms with E-state index in [1.54, 1.807) is 19.1 Å². The van der Waals surface area contributed by atoms with Crippen molar-refractivity contribution in [3.05, 3.63) is 57.8 Å². The standard InChI is InChI=1S/C15H14N4O2/c1-9-6-7-11(8-12(9)19(20)21)14-15(16)18-10(2)4-3-5-13(18)17-14/h3-8H,16H2,1-2H3. The predicted molar refractivity (Wildman–Crippen MR) is 81.2 cm³/mol. The number of pyridine rings is 1. The van der Waals surface area contributed by atoms with Gasteiger partial charge < -0.3 is 5.73 Å². The summed E-state index contributed by atoms with van der Waals surface area (Å²) < 4.78 is 1.83. The number of nitrogens with two attached hydrogens (primary N) is 1. The molecule has 2 N–H and O–H groups in total. The van der Waals surface area contributed by atoms with Crippen molar-refractivity contribution in [1.29, 1.82) is 0 Å². The van der Waals surface area contributed by atoms with Crippen LogP contribution in [0.5, 0.6) is 0 Å². The summed E-state index contributed by atoms with van der Waals surface area (Å²) in [4.78, 5) is 15.2. The molecule has 0 fully saturated rings. The first-order valence-electron chi connectivity index (χ1n) is 6.48. The van der Waals surface area contributed by atoms with Crippen LogP contribution in [0.4, 0.5) is 11.5 Å². The number of nitrogen functional groups attached to an aromatic ring is 1. The molecular formula is C15H14N4O2. The summed E-state index contributed by atoms with van der Waals surface area (Å²) in [6.07, 6.45) is 0. The van der Waals surface area contributed by atoms with Crippen LogP contribution in [0.25, 0.3) is 16.9 Å². The van der Waals surface area contributed by atoms with Gasteiger partial charge in [-0.3, -0.25) is 14.5 Å². The second-order valence-corrected chi connectivity index (χ2v) is 4.96. The number of hydrogen-bond acceptors (Lipinski definition) is 4. The van der Waals surface area contributed by atoms with Crippen LogP contribution in [-0.4, -0.2) is 14.3 Å². The smallest absolute Gasteiger partial charge is 0.272 e. The number of anilines is 1. The van der Waals surface area contributed by atoms with Gasteiger partial charge in [0.1, 0.15) is 17.2 Å². The topological polar surface area (TPSA) is 86.5 Å². The Labute approximate surface area is 121 Å². The molecule has 0 radical (unpaired) electrons. The molecule has 21 heavy (non-hydrogen) atoms. The van der Waals surface area contributed by atoms with Crippen LogP contribution in [0.2, 0.25) is 0 Å². The third-order valence-electron chi connectivity index (χ3n) is 3.55. The molecule has 1 aromatic carbocycles. The number of nitro groups is 1. The maximum atomic E-state index is 11.1. The number of benzene rings is 1. The van der Waals surface area contributed by atoms with E-state index in [1.165, 1.54) is 6.07 Å². The third kappa shape index (κ3) is 2.01. The summed E-state index contributed by atoms with van der Waals surface area (Å²) in [5, 5.41) is 11.1. The van der Waals surface area contributed by atoms with Gasteiger partial charge in [-0.15, -0.1) is 0 Å². The van der Waals surface area contributed by atoms with Gasteiger partial charge in [-0.05, 0) is 26.0 Å². The van der Waals surface area contributed by atoms with E-state index in [9.17, 15) is 10.1 Å². The third-order valence-corrected chi connectivity index (χ3v) is 3.55. The van der Waals surface area contributed by atoms with E-state index in [1.807, 2.05) is 29.5 Å². The first kappa shape index (κ1) is 13.1. The molecule has 3 rings (SSSR count). The van der Waals surface area contributed by atoms with Crippen molar-refractivity contribution in [3.8, 4) is 11.3 Å². The summed E-state index contributed by atoms with van der Waals surface area (Å²) in [7, 11) is 0. The number of fused-ring (bicyclic) bond motifs is 1. The number of rotatable bonds is 2. The fourth-order valence-electron chi connectivity index (χ4n) is 2.45. The van der Waals surface area contributed by atoms with Crippen LogP contribution in [0.1, 0.15) is 11.3 Å². The highest BCUT2D eigenvalue weighted by molar-refractivity contribution is 5.77. The van der Waals surface area contributed by atoms with Crippen molar-refractivity contribution in [2.24, 2.45) is 0 Å². The molecule has 0 atom stereocenters. The van der Waals surface area contributed by atoms with Gasteiger partial charge in [-0.2, -0.15) is 0 Å². The molecule has 0 unspecified atom stereocenters. The van der Waals surface area contributed by atoms with Gasteiger partial charge in [0.2, 0.25) is 0 Å². The van der Waals surface area contributed by atoms with Crippen LogP contribution in [0, 0.1) is 24.0 Å². The van der Waals surface area contributed by atoms with Gasteiger partial charge in [0.05, 0.1) is 4.92 Å². The molecule has 2 aromatic heterocycles. The molecule has 0 bridgehead atoms. The number of aromatic nitrogens is 2. The van der Waals surface area contributed by atoms with Crippen molar-refractivity contribution in [3.63, 3.8) is 0 Å². The predicted octanol–water partition coefficient (Wildman–Crippen LogP) is 3.11. The minimum Gasteiger partial charge on any atom is -0.383 e. The number of nitro benzene ring substituents is 1. The maximum Gasteiger partial charge on any atom is 0.272 e. The fourth-order valence-corrected chi connectivity index (χ4v) is 2.45. The Morgan fingerprint density at radius 3 is 2.67 bits per heavy atom. The Hall–Kier alpha value is -2.89. The van der Waals surface area contributed by atoms with Crippen molar-refractivity contribution in [2.45, 2.75) is 13.8 Å². The molecule has 0 aliphatic rings. The second-order valence-electron chi connectivity index (χ2n) is 4.96. The van der Waals surface area contributed by atoms with E-state index in [0.717, 1.165) is 11.3 Å². The van der Waals surface area contributed by atoms with Crippen LogP contribution in [-0.2, 0) is 0 Å². The Balaban J connectivity index is 2.26. The van der Waals surface area contributed by atoms with E-state index in [0.29, 0.717) is 22.6 Å². The number of hydrogen-bond donors (Lipinski definition) is 1. The maximum absolute atomic E-state index is 11.1. The molecule has 0 aliphatic heterocycles. The van der Waals surface area contributed by atoms with Gasteiger partial charge in [0.15, 0.2) is 0 Å². The lowest BCUT2D eigenvalue weighted by Crippen LogP contribution is -1.98. The highest BCUT2D eigenvalue weighted by Crippen LogP contribution is 2.31. The van der Waals surface area contributed by atoms with Gasteiger partial charge in [0, 0.05) is 22.9 Å². The first-order valence-corrected chi connectivity index (χ1v) is 6.48. The SMILES string of the molecule is Cc1ccc(-c2nc3cccc(C)n3c2N)cc1[N+](=O)[O-]. The molecule has 0 saturated heterocycles. The second kappa shape index (κ2) is 4.59. The van der Waals surface area contributed by atoms with Crippen molar-refractivity contribution in [1.82, 2.24) is 9.38 Å². The summed E-state index contributed by atoms with van der Waals surface area (Å²) in [6, 6.07) is 10.7. The van der Waals surface area contributed by atoms with Gasteiger partial charge in [-0.1, -0.05) is 18.2 Å². The summed E-state index contributed by atoms with van der Waals surface area (Å²) in [6.45, 7) is 3.64. The van der Waals surface area contributed by atoms with Crippen molar-refractivity contribution >= 4 is 17.2 Å². The Morgan fingerprint density at radius 2 is 2.00 bits per heavy atom. The van der Waals surface area contributed by atoms with E-state index in [-0.39, 0.29) is 5.69 Å². The van der Waals surface area contributed by atoms with Gasteiger partial charge in [0.25, 0.3) is 5.69 Å². The minimum absolute atomic E-state index is 0.0701. The monoisotopic (exact) mass is 282 g/mol. The average molecular weight is 282 g/mol. The molecule has 2 heterocycles. The average Bonchev–Trinajstić information content (AvgIpc) is 2.78. The van der Waals surface area contributed by atoms with Crippen LogP contribution >= 0.6 is 0 Å². The molecule has 106 valence electrons. The molecule has 6 nitrogen and oxygen atoms in total. The highest BCUT2D eigenvalue weighted by atomic mass is 16.6. The number of nitrogens with zero attached hydrogens (tertiary/aromatic N) is 3. The van der Waals surface area contributed by atoms with E-state index in [4.69, 9.17) is 5.73 Å². The first-order chi connectivity index (χ1) is 9.99. The Morgan fingerprint density at radius 1 is 1.24 bits per heavy atom. The normalized spacial score (nSPS) is 11.0. The largest absolute Gasteiger partial charge is 0.383 e. The van der Waals surface area contributed by atoms with Crippen LogP contribution in [0.3, 0.4) is 0 Å². The van der Waals surface area contributed by atoms with Crippen LogP contribution < -0.4 is 5.73 Å². The van der Waals surface area contributed by atoms with E-state index < -0.39 is 4.92 Å². The zero-order chi connectivity index (χ0) is 15.1. The number of imidazole rings is 1. The molecule has 6 heteroatoms. The minimum atomic E-state index is -0.393. The zero-order valence-corrected chi connectivity index (χ0v) is 11.7. The summed E-state index contributed by atoms with van der Waals surface area (Å²) in [5.74, 6) is 0.487.